The zero-order valence-corrected chi connectivity index (χ0v) is 16.6. The van der Waals surface area contributed by atoms with E-state index in [1.54, 1.807) is 24.3 Å². The van der Waals surface area contributed by atoms with Gasteiger partial charge in [0.25, 0.3) is 0 Å². The minimum atomic E-state index is -1.09. The molecule has 2 N–H and O–H groups in total. The number of carboxylic acid groups (broad SMARTS) is 1. The molecule has 0 atom stereocenters. The Labute approximate surface area is 174 Å². The Balaban J connectivity index is 1.61. The molecule has 0 radical (unpaired) electrons. The maximum absolute atomic E-state index is 12.4. The van der Waals surface area contributed by atoms with Gasteiger partial charge in [-0.15, -0.1) is 11.3 Å². The molecule has 0 bridgehead atoms. The molecule has 4 aromatic rings. The Kier molecular flexibility index (Phi) is 5.28. The normalized spacial score (nSPS) is 10.9. The van der Waals surface area contributed by atoms with Gasteiger partial charge < -0.3 is 15.0 Å². The van der Waals surface area contributed by atoms with Gasteiger partial charge in [0.2, 0.25) is 5.91 Å². The van der Waals surface area contributed by atoms with Crippen LogP contribution in [-0.4, -0.2) is 31.5 Å². The van der Waals surface area contributed by atoms with Gasteiger partial charge in [-0.2, -0.15) is 0 Å². The van der Waals surface area contributed by atoms with E-state index in [1.165, 1.54) is 16.7 Å². The van der Waals surface area contributed by atoms with Crippen molar-refractivity contribution in [3.63, 3.8) is 0 Å². The highest BCUT2D eigenvalue weighted by molar-refractivity contribution is 7.13. The van der Waals surface area contributed by atoms with Crippen molar-refractivity contribution in [1.29, 1.82) is 0 Å². The van der Waals surface area contributed by atoms with Crippen LogP contribution in [0.4, 0.5) is 5.69 Å². The quantitative estimate of drug-likeness (QED) is 0.471. The number of thiazole rings is 1. The van der Waals surface area contributed by atoms with Crippen LogP contribution in [0, 0.1) is 0 Å². The summed E-state index contributed by atoms with van der Waals surface area (Å²) in [6.07, 6.45) is 0.190. The Morgan fingerprint density at radius 1 is 1.10 bits per heavy atom. The van der Waals surface area contributed by atoms with Crippen LogP contribution in [-0.2, 0) is 11.3 Å². The maximum atomic E-state index is 12.4. The number of fused-ring (bicyclic) bond motifs is 1. The highest BCUT2D eigenvalue weighted by atomic mass is 35.5. The molecular formula is C20H15ClN4O3S. The third-order valence-electron chi connectivity index (χ3n) is 4.28. The average molecular weight is 427 g/mol. The lowest BCUT2D eigenvalue weighted by atomic mass is 10.3. The van der Waals surface area contributed by atoms with Crippen LogP contribution in [0.3, 0.4) is 0 Å². The van der Waals surface area contributed by atoms with Gasteiger partial charge in [-0.05, 0) is 24.3 Å². The number of hydrogen-bond donors (Lipinski definition) is 2. The summed E-state index contributed by atoms with van der Waals surface area (Å²) in [6.45, 7) is 0.355. The van der Waals surface area contributed by atoms with E-state index in [0.717, 1.165) is 11.0 Å². The van der Waals surface area contributed by atoms with Crippen LogP contribution in [0.15, 0.2) is 53.9 Å². The summed E-state index contributed by atoms with van der Waals surface area (Å²) in [5, 5.41) is 14.4. The lowest BCUT2D eigenvalue weighted by molar-refractivity contribution is -0.116. The van der Waals surface area contributed by atoms with Gasteiger partial charge in [0.05, 0.1) is 21.7 Å². The first-order valence-electron chi connectivity index (χ1n) is 8.72. The van der Waals surface area contributed by atoms with Crippen molar-refractivity contribution in [2.75, 3.05) is 5.32 Å². The van der Waals surface area contributed by atoms with E-state index in [9.17, 15) is 9.59 Å². The molecule has 0 spiro atoms. The third kappa shape index (κ3) is 3.98. The van der Waals surface area contributed by atoms with Crippen LogP contribution >= 0.6 is 22.9 Å². The first-order valence-corrected chi connectivity index (χ1v) is 9.97. The second kappa shape index (κ2) is 8.02. The number of carboxylic acids is 1. The zero-order chi connectivity index (χ0) is 20.4. The highest BCUT2D eigenvalue weighted by Gasteiger charge is 2.18. The van der Waals surface area contributed by atoms with Crippen LogP contribution in [0.2, 0.25) is 5.02 Å². The van der Waals surface area contributed by atoms with Crippen LogP contribution < -0.4 is 5.32 Å². The van der Waals surface area contributed by atoms with Crippen LogP contribution in [0.5, 0.6) is 0 Å². The smallest absolute Gasteiger partial charge is 0.355 e. The molecule has 1 amide bonds. The second-order valence-corrected chi connectivity index (χ2v) is 7.46. The van der Waals surface area contributed by atoms with E-state index < -0.39 is 5.97 Å². The Hall–Kier alpha value is -3.23. The fourth-order valence-electron chi connectivity index (χ4n) is 2.93. The largest absolute Gasteiger partial charge is 0.476 e. The molecule has 4 rings (SSSR count). The lowest BCUT2D eigenvalue weighted by Crippen LogP contribution is -2.15. The molecule has 0 saturated heterocycles. The van der Waals surface area contributed by atoms with Crippen LogP contribution in [0.25, 0.3) is 21.9 Å². The van der Waals surface area contributed by atoms with Gasteiger partial charge in [-0.1, -0.05) is 35.9 Å². The number of aryl methyl sites for hydroxylation is 1. The number of aromatic carboxylic acids is 1. The molecule has 0 aliphatic heterocycles. The lowest BCUT2D eigenvalue weighted by Gasteiger charge is -2.09. The minimum absolute atomic E-state index is 0.0277. The number of anilines is 1. The number of nitrogens with one attached hydrogen (secondary N) is 1. The number of rotatable bonds is 6. The van der Waals surface area contributed by atoms with Crippen LogP contribution in [0.1, 0.15) is 16.9 Å². The maximum Gasteiger partial charge on any atom is 0.355 e. The topological polar surface area (TPSA) is 97.1 Å². The molecule has 7 nitrogen and oxygen atoms in total. The van der Waals surface area contributed by atoms with Gasteiger partial charge in [0.15, 0.2) is 16.5 Å². The monoisotopic (exact) mass is 426 g/mol. The molecule has 0 saturated carbocycles. The third-order valence-corrected chi connectivity index (χ3v) is 5.45. The summed E-state index contributed by atoms with van der Waals surface area (Å²) in [7, 11) is 0. The number of benzene rings is 2. The Morgan fingerprint density at radius 2 is 1.86 bits per heavy atom. The molecule has 2 aromatic heterocycles. The first-order chi connectivity index (χ1) is 14.0. The van der Waals surface area contributed by atoms with E-state index in [4.69, 9.17) is 16.7 Å². The molecule has 0 aliphatic carbocycles. The van der Waals surface area contributed by atoms with Crippen molar-refractivity contribution in [3.8, 4) is 10.8 Å². The zero-order valence-electron chi connectivity index (χ0n) is 15.0. The standard InChI is InChI=1S/C20H15ClN4O3S/c21-12-5-1-2-6-13(12)22-17(26)9-10-25-16-8-4-3-7-14(16)23-18(25)19-24-15(11-29-19)20(27)28/h1-8,11H,9-10H2,(H,22,26)(H,27,28). The number of imidazole rings is 1. The van der Waals surface area contributed by atoms with Crippen molar-refractivity contribution in [3.05, 3.63) is 64.6 Å². The predicted octanol–water partition coefficient (Wildman–Crippen LogP) is 4.54. The number of carbonyl (C=O) groups is 2. The summed E-state index contributed by atoms with van der Waals surface area (Å²) in [5.74, 6) is -0.740. The van der Waals surface area contributed by atoms with E-state index in [0.29, 0.717) is 28.1 Å². The van der Waals surface area contributed by atoms with E-state index in [-0.39, 0.29) is 18.0 Å². The molecule has 0 fully saturated rings. The molecule has 2 heterocycles. The molecule has 0 aliphatic rings. The van der Waals surface area contributed by atoms with Crippen molar-refractivity contribution < 1.29 is 14.7 Å². The number of halogens is 1. The van der Waals surface area contributed by atoms with Gasteiger partial charge in [-0.3, -0.25) is 4.79 Å². The average Bonchev–Trinajstić information content (AvgIpc) is 3.33. The fourth-order valence-corrected chi connectivity index (χ4v) is 3.90. The van der Waals surface area contributed by atoms with Crippen molar-refractivity contribution in [1.82, 2.24) is 14.5 Å². The molecule has 9 heteroatoms. The van der Waals surface area contributed by atoms with Gasteiger partial charge >= 0.3 is 5.97 Å². The summed E-state index contributed by atoms with van der Waals surface area (Å²) in [5.41, 5.74) is 2.13. The predicted molar refractivity (Wildman–Crippen MR) is 112 cm³/mol. The summed E-state index contributed by atoms with van der Waals surface area (Å²) >= 11 is 7.30. The number of aromatic nitrogens is 3. The molecule has 29 heavy (non-hydrogen) atoms. The number of para-hydroxylation sites is 3. The van der Waals surface area contributed by atoms with E-state index in [2.05, 4.69) is 15.3 Å². The number of amides is 1. The van der Waals surface area contributed by atoms with Crippen molar-refractivity contribution >= 4 is 51.5 Å². The number of hydrogen-bond acceptors (Lipinski definition) is 5. The SMILES string of the molecule is O=C(CCn1c(-c2nc(C(=O)O)cs2)nc2ccccc21)Nc1ccccc1Cl. The van der Waals surface area contributed by atoms with E-state index >= 15 is 0 Å². The molecular weight excluding hydrogens is 412 g/mol. The molecule has 2 aromatic carbocycles. The van der Waals surface area contributed by atoms with Crippen molar-refractivity contribution in [2.45, 2.75) is 13.0 Å². The van der Waals surface area contributed by atoms with Gasteiger partial charge in [0, 0.05) is 18.3 Å². The minimum Gasteiger partial charge on any atom is -0.476 e. The van der Waals surface area contributed by atoms with Crippen molar-refractivity contribution in [2.24, 2.45) is 0 Å². The Bertz CT molecular complexity index is 1220. The molecule has 0 unspecified atom stereocenters. The summed E-state index contributed by atoms with van der Waals surface area (Å²) in [4.78, 5) is 32.4. The molecule has 146 valence electrons. The summed E-state index contributed by atoms with van der Waals surface area (Å²) < 4.78 is 1.88. The second-order valence-electron chi connectivity index (χ2n) is 6.20. The highest BCUT2D eigenvalue weighted by Crippen LogP contribution is 2.28. The van der Waals surface area contributed by atoms with Gasteiger partial charge in [0.1, 0.15) is 0 Å². The number of carbonyl (C=O) groups excluding carboxylic acids is 1. The van der Waals surface area contributed by atoms with E-state index in [1.807, 2.05) is 28.8 Å². The first kappa shape index (κ1) is 19.1. The number of nitrogens with zero attached hydrogens (tertiary/aromatic N) is 3. The summed E-state index contributed by atoms with van der Waals surface area (Å²) in [6, 6.07) is 14.6. The fraction of sp³-hybridized carbons (Fsp3) is 0.100. The Morgan fingerprint density at radius 3 is 2.62 bits per heavy atom. The van der Waals surface area contributed by atoms with Gasteiger partial charge in [-0.25, -0.2) is 14.8 Å².